The van der Waals surface area contributed by atoms with Crippen molar-refractivity contribution in [1.29, 1.82) is 0 Å². The number of pyridine rings is 1. The van der Waals surface area contributed by atoms with Crippen LogP contribution in [0, 0.1) is 5.92 Å². The molecule has 37 heavy (non-hydrogen) atoms. The molecule has 0 unspecified atom stereocenters. The van der Waals surface area contributed by atoms with E-state index in [1.807, 2.05) is 10.6 Å². The summed E-state index contributed by atoms with van der Waals surface area (Å²) >= 11 is 0. The average molecular weight is 507 g/mol. The van der Waals surface area contributed by atoms with E-state index in [9.17, 15) is 19.5 Å². The predicted octanol–water partition coefficient (Wildman–Crippen LogP) is 2.83. The van der Waals surface area contributed by atoms with Crippen LogP contribution in [-0.2, 0) is 22.6 Å². The van der Waals surface area contributed by atoms with Gasteiger partial charge in [-0.25, -0.2) is 0 Å². The Morgan fingerprint density at radius 3 is 2.70 bits per heavy atom. The number of carbonyl (C=O) groups excluding carboxylic acids is 1. The van der Waals surface area contributed by atoms with Crippen molar-refractivity contribution in [3.05, 3.63) is 91.9 Å². The van der Waals surface area contributed by atoms with Gasteiger partial charge in [-0.2, -0.15) is 0 Å². The van der Waals surface area contributed by atoms with E-state index in [-0.39, 0.29) is 23.7 Å². The van der Waals surface area contributed by atoms with Crippen LogP contribution in [0.1, 0.15) is 47.5 Å². The second kappa shape index (κ2) is 10.3. The average Bonchev–Trinajstić information content (AvgIpc) is 2.90. The highest BCUT2D eigenvalue weighted by Crippen LogP contribution is 2.39. The van der Waals surface area contributed by atoms with Crippen LogP contribution >= 0.6 is 0 Å². The van der Waals surface area contributed by atoms with Gasteiger partial charge in [-0.05, 0) is 24.5 Å². The van der Waals surface area contributed by atoms with Crippen molar-refractivity contribution in [1.82, 2.24) is 9.47 Å². The van der Waals surface area contributed by atoms with Crippen molar-refractivity contribution < 1.29 is 23.8 Å². The Kier molecular flexibility index (Phi) is 6.88. The Balaban J connectivity index is 1.47. The normalized spacial score (nSPS) is 19.6. The molecule has 3 atom stereocenters. The summed E-state index contributed by atoms with van der Waals surface area (Å²) in [6.07, 6.45) is 0.871. The largest absolute Gasteiger partial charge is 0.502 e. The number of piperidine rings is 1. The molecule has 9 nitrogen and oxygen atoms in total. The van der Waals surface area contributed by atoms with E-state index >= 15 is 0 Å². The number of nitrogens with zero attached hydrogens (tertiary/aromatic N) is 2. The van der Waals surface area contributed by atoms with Gasteiger partial charge in [-0.3, -0.25) is 19.3 Å². The minimum absolute atomic E-state index is 0.00602. The molecule has 5 rings (SSSR count). The summed E-state index contributed by atoms with van der Waals surface area (Å²) < 4.78 is 18.4. The van der Waals surface area contributed by atoms with Gasteiger partial charge in [0.05, 0.1) is 33.1 Å². The molecule has 1 fully saturated rings. The van der Waals surface area contributed by atoms with Gasteiger partial charge in [-0.15, -0.1) is 0 Å². The van der Waals surface area contributed by atoms with E-state index in [1.165, 1.54) is 20.3 Å². The van der Waals surface area contributed by atoms with Gasteiger partial charge in [-0.1, -0.05) is 24.3 Å². The Bertz CT molecular complexity index is 1430. The first kappa shape index (κ1) is 24.8. The summed E-state index contributed by atoms with van der Waals surface area (Å²) in [4.78, 5) is 39.7. The van der Waals surface area contributed by atoms with E-state index in [1.54, 1.807) is 36.4 Å². The van der Waals surface area contributed by atoms with E-state index in [0.717, 1.165) is 25.2 Å². The first-order valence-electron chi connectivity index (χ1n) is 12.4. The highest BCUT2D eigenvalue weighted by Gasteiger charge is 2.35. The Morgan fingerprint density at radius 1 is 1.11 bits per heavy atom. The van der Waals surface area contributed by atoms with Crippen LogP contribution in [0.5, 0.6) is 11.5 Å². The molecule has 0 aliphatic carbocycles. The Hall–Kier alpha value is -3.85. The van der Waals surface area contributed by atoms with Crippen LogP contribution in [-0.4, -0.2) is 47.9 Å². The van der Waals surface area contributed by atoms with Gasteiger partial charge >= 0.3 is 5.97 Å². The molecule has 194 valence electrons. The van der Waals surface area contributed by atoms with Crippen LogP contribution in [0.25, 0.3) is 0 Å². The van der Waals surface area contributed by atoms with Gasteiger partial charge in [0.25, 0.3) is 5.56 Å². The smallest absolute Gasteiger partial charge is 0.306 e. The number of hydrogen-bond acceptors (Lipinski definition) is 8. The van der Waals surface area contributed by atoms with Crippen LogP contribution in [0.15, 0.2) is 62.5 Å². The molecule has 9 heteroatoms. The molecule has 0 saturated carbocycles. The summed E-state index contributed by atoms with van der Waals surface area (Å²) in [6, 6.07) is 13.8. The molecule has 0 spiro atoms. The lowest BCUT2D eigenvalue weighted by molar-refractivity contribution is -0.140. The third kappa shape index (κ3) is 4.91. The number of esters is 1. The molecule has 0 amide bonds. The number of carbonyl (C=O) groups is 1. The molecule has 3 aromatic rings. The molecule has 2 aliphatic heterocycles. The molecule has 2 aliphatic rings. The number of benzene rings is 1. The SMILES string of the molecule is COC(=O)C[C@@H](c1ccccc1OC)c1oc(CN2C[C@H]3C[C@@H](C2)c2cccc(=O)n2C3)cc(=O)c1O. The summed E-state index contributed by atoms with van der Waals surface area (Å²) in [5, 5.41) is 10.7. The quantitative estimate of drug-likeness (QED) is 0.487. The minimum atomic E-state index is -0.782. The van der Waals surface area contributed by atoms with Crippen LogP contribution in [0.3, 0.4) is 0 Å². The number of likely N-dealkylation sites (tertiary alicyclic amines) is 1. The zero-order valence-corrected chi connectivity index (χ0v) is 20.9. The maximum absolute atomic E-state index is 12.8. The zero-order valence-electron chi connectivity index (χ0n) is 20.9. The molecule has 1 aromatic carbocycles. The number of rotatable bonds is 7. The first-order valence-corrected chi connectivity index (χ1v) is 12.4. The van der Waals surface area contributed by atoms with Crippen molar-refractivity contribution in [2.75, 3.05) is 27.3 Å². The number of aromatic hydroxyl groups is 1. The Morgan fingerprint density at radius 2 is 1.92 bits per heavy atom. The van der Waals surface area contributed by atoms with Crippen LogP contribution in [0.4, 0.5) is 0 Å². The van der Waals surface area contributed by atoms with Gasteiger partial charge in [0.1, 0.15) is 11.5 Å². The lowest BCUT2D eigenvalue weighted by Gasteiger charge is -2.42. The summed E-state index contributed by atoms with van der Waals surface area (Å²) in [6.45, 7) is 2.51. The fourth-order valence-electron chi connectivity index (χ4n) is 5.76. The number of fused-ring (bicyclic) bond motifs is 4. The monoisotopic (exact) mass is 506 g/mol. The molecule has 2 bridgehead atoms. The molecule has 1 N–H and O–H groups in total. The molecular weight excluding hydrogens is 476 g/mol. The zero-order chi connectivity index (χ0) is 26.1. The van der Waals surface area contributed by atoms with E-state index in [4.69, 9.17) is 13.9 Å². The Labute approximate surface area is 213 Å². The first-order chi connectivity index (χ1) is 17.9. The lowest BCUT2D eigenvalue weighted by atomic mass is 9.83. The number of ether oxygens (including phenoxy) is 2. The third-order valence-electron chi connectivity index (χ3n) is 7.36. The number of hydrogen-bond donors (Lipinski definition) is 1. The minimum Gasteiger partial charge on any atom is -0.502 e. The van der Waals surface area contributed by atoms with Crippen LogP contribution < -0.4 is 15.7 Å². The van der Waals surface area contributed by atoms with Crippen molar-refractivity contribution in [2.45, 2.75) is 37.8 Å². The molecule has 1 saturated heterocycles. The fraction of sp³-hybridized carbons (Fsp3) is 0.393. The highest BCUT2D eigenvalue weighted by atomic mass is 16.5. The second-order valence-electron chi connectivity index (χ2n) is 9.76. The molecule has 0 radical (unpaired) electrons. The van der Waals surface area contributed by atoms with Gasteiger partial charge in [0.15, 0.2) is 5.76 Å². The van der Waals surface area contributed by atoms with Crippen molar-refractivity contribution in [3.8, 4) is 11.5 Å². The number of aromatic nitrogens is 1. The maximum atomic E-state index is 12.8. The van der Waals surface area contributed by atoms with E-state index < -0.39 is 23.1 Å². The lowest BCUT2D eigenvalue weighted by Crippen LogP contribution is -2.46. The van der Waals surface area contributed by atoms with Crippen molar-refractivity contribution in [2.24, 2.45) is 5.92 Å². The van der Waals surface area contributed by atoms with E-state index in [2.05, 4.69) is 4.90 Å². The second-order valence-corrected chi connectivity index (χ2v) is 9.76. The highest BCUT2D eigenvalue weighted by molar-refractivity contribution is 5.71. The predicted molar refractivity (Wildman–Crippen MR) is 135 cm³/mol. The van der Waals surface area contributed by atoms with Crippen molar-refractivity contribution >= 4 is 5.97 Å². The standard InChI is InChI=1S/C28H30N2O7/c1-35-24-8-4-3-6-20(24)21(12-26(33)36-2)28-27(34)23(31)11-19(37-28)16-29-13-17-10-18(15-29)22-7-5-9-25(32)30(22)14-17/h3-9,11,17-18,21,34H,10,12-16H2,1-2H3/t17-,18+,21+/m1/s1. The van der Waals surface area contributed by atoms with Gasteiger partial charge in [0.2, 0.25) is 11.2 Å². The molecule has 4 heterocycles. The van der Waals surface area contributed by atoms with Gasteiger partial charge < -0.3 is 23.6 Å². The van der Waals surface area contributed by atoms with Gasteiger partial charge in [0, 0.05) is 48.9 Å². The number of para-hydroxylation sites is 1. The molecular formula is C28H30N2O7. The summed E-state index contributed by atoms with van der Waals surface area (Å²) in [5.74, 6) is -0.397. The molecule has 2 aromatic heterocycles. The maximum Gasteiger partial charge on any atom is 0.306 e. The third-order valence-corrected chi connectivity index (χ3v) is 7.36. The van der Waals surface area contributed by atoms with Crippen molar-refractivity contribution in [3.63, 3.8) is 0 Å². The summed E-state index contributed by atoms with van der Waals surface area (Å²) in [7, 11) is 2.80. The summed E-state index contributed by atoms with van der Waals surface area (Å²) in [5.41, 5.74) is 1.09. The topological polar surface area (TPSA) is 111 Å². The number of methoxy groups -OCH3 is 2. The van der Waals surface area contributed by atoms with E-state index in [0.29, 0.717) is 36.1 Å². The fourth-order valence-corrected chi connectivity index (χ4v) is 5.76. The van der Waals surface area contributed by atoms with Crippen LogP contribution in [0.2, 0.25) is 0 Å².